The zero-order valence-corrected chi connectivity index (χ0v) is 11.1. The summed E-state index contributed by atoms with van der Waals surface area (Å²) in [5.74, 6) is 0. The number of hydrogen-bond acceptors (Lipinski definition) is 3. The van der Waals surface area contributed by atoms with E-state index in [2.05, 4.69) is 4.72 Å². The predicted molar refractivity (Wildman–Crippen MR) is 67.6 cm³/mol. The van der Waals surface area contributed by atoms with Gasteiger partial charge >= 0.3 is 0 Å². The summed E-state index contributed by atoms with van der Waals surface area (Å²) in [5.41, 5.74) is 0. The van der Waals surface area contributed by atoms with E-state index in [1.807, 2.05) is 0 Å². The molecule has 1 rings (SSSR count). The first kappa shape index (κ1) is 14.4. The van der Waals surface area contributed by atoms with Gasteiger partial charge in [0, 0.05) is 11.6 Å². The average molecular weight is 278 g/mol. The second-order valence-electron chi connectivity index (χ2n) is 3.85. The molecule has 17 heavy (non-hydrogen) atoms. The second kappa shape index (κ2) is 6.35. The van der Waals surface area contributed by atoms with E-state index < -0.39 is 16.1 Å². The van der Waals surface area contributed by atoms with Crippen molar-refractivity contribution >= 4 is 21.6 Å². The van der Waals surface area contributed by atoms with Crippen LogP contribution in [-0.2, 0) is 10.0 Å². The number of hydrogen-bond donors (Lipinski definition) is 2. The smallest absolute Gasteiger partial charge is 0.240 e. The third-order valence-corrected chi connectivity index (χ3v) is 3.89. The van der Waals surface area contributed by atoms with Crippen LogP contribution in [0, 0.1) is 0 Å². The molecule has 1 aromatic rings. The molecule has 0 bridgehead atoms. The molecule has 0 aliphatic heterocycles. The largest absolute Gasteiger partial charge is 0.393 e. The van der Waals surface area contributed by atoms with Crippen LogP contribution in [-0.4, -0.2) is 26.2 Å². The molecule has 96 valence electrons. The summed E-state index contributed by atoms with van der Waals surface area (Å²) in [7, 11) is -3.50. The minimum absolute atomic E-state index is 0.155. The van der Waals surface area contributed by atoms with E-state index in [1.165, 1.54) is 12.1 Å². The van der Waals surface area contributed by atoms with Crippen LogP contribution in [0.3, 0.4) is 0 Å². The molecule has 0 heterocycles. The molecular weight excluding hydrogens is 262 g/mol. The number of sulfonamides is 1. The van der Waals surface area contributed by atoms with Crippen LogP contribution in [0.1, 0.15) is 19.8 Å². The van der Waals surface area contributed by atoms with Crippen molar-refractivity contribution in [3.8, 4) is 0 Å². The van der Waals surface area contributed by atoms with Crippen LogP contribution in [0.25, 0.3) is 0 Å². The lowest BCUT2D eigenvalue weighted by atomic mass is 10.2. The van der Waals surface area contributed by atoms with Gasteiger partial charge < -0.3 is 5.11 Å². The Kier molecular flexibility index (Phi) is 5.39. The fourth-order valence-corrected chi connectivity index (χ4v) is 2.70. The Bertz CT molecular complexity index is 460. The summed E-state index contributed by atoms with van der Waals surface area (Å²) in [5, 5.41) is 9.43. The monoisotopic (exact) mass is 277 g/mol. The zero-order valence-electron chi connectivity index (χ0n) is 9.56. The Labute approximate surface area is 107 Å². The van der Waals surface area contributed by atoms with Gasteiger partial charge in [0.15, 0.2) is 0 Å². The lowest BCUT2D eigenvalue weighted by Crippen LogP contribution is -2.25. The van der Waals surface area contributed by atoms with Crippen LogP contribution in [0.2, 0.25) is 5.02 Å². The topological polar surface area (TPSA) is 66.4 Å². The van der Waals surface area contributed by atoms with Gasteiger partial charge in [-0.2, -0.15) is 0 Å². The minimum atomic E-state index is -3.50. The minimum Gasteiger partial charge on any atom is -0.393 e. The molecule has 1 unspecified atom stereocenters. The van der Waals surface area contributed by atoms with Gasteiger partial charge in [-0.15, -0.1) is 0 Å². The van der Waals surface area contributed by atoms with Crippen molar-refractivity contribution in [2.24, 2.45) is 0 Å². The second-order valence-corrected chi connectivity index (χ2v) is 6.05. The summed E-state index contributed by atoms with van der Waals surface area (Å²) in [6.45, 7) is 1.98. The molecule has 1 aromatic carbocycles. The molecule has 0 aliphatic rings. The summed E-state index contributed by atoms with van der Waals surface area (Å²) < 4.78 is 26.1. The molecule has 1 atom stereocenters. The van der Waals surface area contributed by atoms with Crippen molar-refractivity contribution in [3.63, 3.8) is 0 Å². The lowest BCUT2D eigenvalue weighted by molar-refractivity contribution is 0.182. The Hall–Kier alpha value is -0.620. The van der Waals surface area contributed by atoms with Gasteiger partial charge in [0.1, 0.15) is 0 Å². The lowest BCUT2D eigenvalue weighted by Gasteiger charge is -2.07. The van der Waals surface area contributed by atoms with Crippen molar-refractivity contribution in [3.05, 3.63) is 29.3 Å². The molecular formula is C11H16ClNO3S. The number of aliphatic hydroxyl groups is 1. The summed E-state index contributed by atoms with van der Waals surface area (Å²) in [4.78, 5) is 0.155. The maximum absolute atomic E-state index is 11.8. The quantitative estimate of drug-likeness (QED) is 0.779. The number of rotatable bonds is 6. The Balaban J connectivity index is 2.57. The molecule has 0 radical (unpaired) electrons. The van der Waals surface area contributed by atoms with Crippen LogP contribution < -0.4 is 4.72 Å². The number of aliphatic hydroxyl groups excluding tert-OH is 1. The number of benzene rings is 1. The van der Waals surface area contributed by atoms with E-state index in [4.69, 9.17) is 16.7 Å². The van der Waals surface area contributed by atoms with Crippen molar-refractivity contribution in [2.75, 3.05) is 6.54 Å². The fraction of sp³-hybridized carbons (Fsp3) is 0.455. The summed E-state index contributed by atoms with van der Waals surface area (Å²) in [6, 6.07) is 6.10. The van der Waals surface area contributed by atoms with Gasteiger partial charge in [-0.05, 0) is 38.0 Å². The van der Waals surface area contributed by atoms with E-state index in [-0.39, 0.29) is 4.90 Å². The molecule has 0 saturated carbocycles. The van der Waals surface area contributed by atoms with Crippen molar-refractivity contribution < 1.29 is 13.5 Å². The highest BCUT2D eigenvalue weighted by atomic mass is 35.5. The molecule has 0 spiro atoms. The maximum Gasteiger partial charge on any atom is 0.240 e. The molecule has 0 aromatic heterocycles. The van der Waals surface area contributed by atoms with Gasteiger partial charge in [-0.1, -0.05) is 17.7 Å². The Morgan fingerprint density at radius 3 is 2.76 bits per heavy atom. The molecule has 0 saturated heterocycles. The third kappa shape index (κ3) is 5.04. The molecule has 0 amide bonds. The van der Waals surface area contributed by atoms with E-state index in [1.54, 1.807) is 19.1 Å². The highest BCUT2D eigenvalue weighted by molar-refractivity contribution is 7.89. The SMILES string of the molecule is CC(O)CCCNS(=O)(=O)c1cccc(Cl)c1. The van der Waals surface area contributed by atoms with Crippen LogP contribution in [0.4, 0.5) is 0 Å². The van der Waals surface area contributed by atoms with Gasteiger partial charge in [-0.3, -0.25) is 0 Å². The van der Waals surface area contributed by atoms with Crippen molar-refractivity contribution in [2.45, 2.75) is 30.8 Å². The third-order valence-electron chi connectivity index (χ3n) is 2.20. The van der Waals surface area contributed by atoms with Gasteiger partial charge in [0.05, 0.1) is 11.0 Å². The van der Waals surface area contributed by atoms with Gasteiger partial charge in [0.25, 0.3) is 0 Å². The molecule has 6 heteroatoms. The first-order valence-electron chi connectivity index (χ1n) is 5.35. The normalized spacial score (nSPS) is 13.6. The van der Waals surface area contributed by atoms with Crippen LogP contribution in [0.15, 0.2) is 29.2 Å². The van der Waals surface area contributed by atoms with E-state index >= 15 is 0 Å². The fourth-order valence-electron chi connectivity index (χ4n) is 1.32. The molecule has 2 N–H and O–H groups in total. The Morgan fingerprint density at radius 1 is 1.47 bits per heavy atom. The van der Waals surface area contributed by atoms with Gasteiger partial charge in [-0.25, -0.2) is 13.1 Å². The first-order valence-corrected chi connectivity index (χ1v) is 7.21. The number of nitrogens with one attached hydrogen (secondary N) is 1. The highest BCUT2D eigenvalue weighted by Gasteiger charge is 2.13. The van der Waals surface area contributed by atoms with E-state index in [0.717, 1.165) is 0 Å². The summed E-state index contributed by atoms with van der Waals surface area (Å²) in [6.07, 6.45) is 0.751. The molecule has 4 nitrogen and oxygen atoms in total. The maximum atomic E-state index is 11.8. The average Bonchev–Trinajstić information content (AvgIpc) is 2.24. The predicted octanol–water partition coefficient (Wildman–Crippen LogP) is 1.78. The first-order chi connectivity index (χ1) is 7.92. The Morgan fingerprint density at radius 2 is 2.18 bits per heavy atom. The standard InChI is InChI=1S/C11H16ClNO3S/c1-9(14)4-3-7-13-17(15,16)11-6-2-5-10(12)8-11/h2,5-6,8-9,13-14H,3-4,7H2,1H3. The van der Waals surface area contributed by atoms with Crippen molar-refractivity contribution in [1.82, 2.24) is 4.72 Å². The van der Waals surface area contributed by atoms with Crippen LogP contribution >= 0.6 is 11.6 Å². The van der Waals surface area contributed by atoms with E-state index in [9.17, 15) is 8.42 Å². The molecule has 0 aliphatic carbocycles. The summed E-state index contributed by atoms with van der Waals surface area (Å²) >= 11 is 5.73. The van der Waals surface area contributed by atoms with Crippen molar-refractivity contribution in [1.29, 1.82) is 0 Å². The number of halogens is 1. The zero-order chi connectivity index (χ0) is 12.9. The van der Waals surface area contributed by atoms with E-state index in [0.29, 0.717) is 24.4 Å². The molecule has 0 fully saturated rings. The van der Waals surface area contributed by atoms with Gasteiger partial charge in [0.2, 0.25) is 10.0 Å². The highest BCUT2D eigenvalue weighted by Crippen LogP contribution is 2.15. The van der Waals surface area contributed by atoms with Crippen LogP contribution in [0.5, 0.6) is 0 Å².